The van der Waals surface area contributed by atoms with Gasteiger partial charge in [0.15, 0.2) is 10.2 Å². The number of methoxy groups -OCH3 is 2. The number of hydrogen-bond donors (Lipinski definition) is 4. The van der Waals surface area contributed by atoms with Crippen molar-refractivity contribution in [2.75, 3.05) is 24.9 Å². The van der Waals surface area contributed by atoms with Gasteiger partial charge in [0.25, 0.3) is 0 Å². The summed E-state index contributed by atoms with van der Waals surface area (Å²) in [7, 11) is 2.35. The highest BCUT2D eigenvalue weighted by Crippen LogP contribution is 2.22. The molecule has 0 unspecified atom stereocenters. The zero-order valence-electron chi connectivity index (χ0n) is 12.1. The summed E-state index contributed by atoms with van der Waals surface area (Å²) >= 11 is 9.79. The van der Waals surface area contributed by atoms with Crippen molar-refractivity contribution in [2.45, 2.75) is 0 Å². The summed E-state index contributed by atoms with van der Waals surface area (Å²) in [5.74, 6) is -0.550. The van der Waals surface area contributed by atoms with Gasteiger partial charge < -0.3 is 20.1 Å². The van der Waals surface area contributed by atoms with Crippen molar-refractivity contribution in [3.05, 3.63) is 24.0 Å². The third-order valence-corrected chi connectivity index (χ3v) is 2.69. The summed E-state index contributed by atoms with van der Waals surface area (Å²) in [5, 5.41) is 9.52. The van der Waals surface area contributed by atoms with Crippen molar-refractivity contribution < 1.29 is 23.5 Å². The Morgan fingerprint density at radius 3 is 1.91 bits per heavy atom. The van der Waals surface area contributed by atoms with Crippen LogP contribution in [0.4, 0.5) is 25.4 Å². The quantitative estimate of drug-likeness (QED) is 0.594. The zero-order chi connectivity index (χ0) is 17.4. The first kappa shape index (κ1) is 18.5. The molecule has 8 nitrogen and oxygen atoms in total. The summed E-state index contributed by atoms with van der Waals surface area (Å²) in [6, 6.07) is 3.66. The van der Waals surface area contributed by atoms with E-state index in [9.17, 15) is 14.0 Å². The molecule has 0 bridgehead atoms. The molecule has 0 aromatic heterocycles. The van der Waals surface area contributed by atoms with Crippen LogP contribution in [0, 0.1) is 5.82 Å². The second-order valence-corrected chi connectivity index (χ2v) is 4.65. The molecule has 0 fully saturated rings. The predicted octanol–water partition coefficient (Wildman–Crippen LogP) is 1.93. The Kier molecular flexibility index (Phi) is 7.09. The number of anilines is 2. The van der Waals surface area contributed by atoms with E-state index < -0.39 is 18.0 Å². The van der Waals surface area contributed by atoms with E-state index in [4.69, 9.17) is 24.4 Å². The van der Waals surface area contributed by atoms with E-state index in [2.05, 4.69) is 30.7 Å². The second-order valence-electron chi connectivity index (χ2n) is 3.83. The van der Waals surface area contributed by atoms with Gasteiger partial charge in [-0.3, -0.25) is 10.6 Å². The molecule has 0 spiro atoms. The van der Waals surface area contributed by atoms with Crippen LogP contribution in [0.1, 0.15) is 0 Å². The highest BCUT2D eigenvalue weighted by atomic mass is 32.1. The van der Waals surface area contributed by atoms with Gasteiger partial charge in [0.05, 0.1) is 25.6 Å². The fourth-order valence-electron chi connectivity index (χ4n) is 1.32. The van der Waals surface area contributed by atoms with Gasteiger partial charge in [-0.1, -0.05) is 0 Å². The number of halogens is 1. The van der Waals surface area contributed by atoms with Gasteiger partial charge in [0, 0.05) is 0 Å². The average Bonchev–Trinajstić information content (AvgIpc) is 2.49. The molecular formula is C12H13FN4O4S2. The lowest BCUT2D eigenvalue weighted by molar-refractivity contribution is 0.176. The molecule has 23 heavy (non-hydrogen) atoms. The van der Waals surface area contributed by atoms with Crippen molar-refractivity contribution in [2.24, 2.45) is 0 Å². The van der Waals surface area contributed by atoms with Gasteiger partial charge >= 0.3 is 12.2 Å². The SMILES string of the molecule is COC(=O)NC(=S)Nc1ccc(F)cc1NC(=S)NC(=O)OC. The summed E-state index contributed by atoms with van der Waals surface area (Å²) in [5.41, 5.74) is 0.488. The molecule has 0 aliphatic carbocycles. The van der Waals surface area contributed by atoms with E-state index in [-0.39, 0.29) is 15.9 Å². The molecule has 1 aromatic rings. The molecule has 0 heterocycles. The number of benzene rings is 1. The fourth-order valence-corrected chi connectivity index (χ4v) is 1.71. The van der Waals surface area contributed by atoms with Crippen LogP contribution in [0.2, 0.25) is 0 Å². The van der Waals surface area contributed by atoms with E-state index in [0.29, 0.717) is 5.69 Å². The Labute approximate surface area is 141 Å². The van der Waals surface area contributed by atoms with E-state index in [1.165, 1.54) is 26.4 Å². The molecule has 0 aliphatic rings. The normalized spacial score (nSPS) is 9.35. The van der Waals surface area contributed by atoms with Gasteiger partial charge in [-0.05, 0) is 42.6 Å². The van der Waals surface area contributed by atoms with Crippen molar-refractivity contribution >= 4 is 58.2 Å². The van der Waals surface area contributed by atoms with Crippen LogP contribution in [-0.4, -0.2) is 36.6 Å². The number of ether oxygens (including phenoxy) is 2. The molecule has 0 aliphatic heterocycles. The van der Waals surface area contributed by atoms with Crippen molar-refractivity contribution in [3.8, 4) is 0 Å². The van der Waals surface area contributed by atoms with Crippen LogP contribution in [0.25, 0.3) is 0 Å². The highest BCUT2D eigenvalue weighted by Gasteiger charge is 2.11. The molecular weight excluding hydrogens is 347 g/mol. The monoisotopic (exact) mass is 360 g/mol. The minimum Gasteiger partial charge on any atom is -0.453 e. The first-order chi connectivity index (χ1) is 10.8. The van der Waals surface area contributed by atoms with Crippen LogP contribution in [0.3, 0.4) is 0 Å². The van der Waals surface area contributed by atoms with Gasteiger partial charge in [-0.15, -0.1) is 0 Å². The van der Waals surface area contributed by atoms with Crippen LogP contribution < -0.4 is 21.3 Å². The van der Waals surface area contributed by atoms with E-state index in [1.807, 2.05) is 0 Å². The molecule has 124 valence electrons. The molecule has 0 saturated carbocycles. The third-order valence-electron chi connectivity index (χ3n) is 2.28. The third kappa shape index (κ3) is 6.40. The predicted molar refractivity (Wildman–Crippen MR) is 89.9 cm³/mol. The summed E-state index contributed by atoms with van der Waals surface area (Å²) in [6.45, 7) is 0. The van der Waals surface area contributed by atoms with Crippen molar-refractivity contribution in [1.29, 1.82) is 0 Å². The minimum absolute atomic E-state index is 0.0710. The molecule has 4 N–H and O–H groups in total. The lowest BCUT2D eigenvalue weighted by Crippen LogP contribution is -2.35. The van der Waals surface area contributed by atoms with Gasteiger partial charge in [0.2, 0.25) is 0 Å². The number of amides is 2. The van der Waals surface area contributed by atoms with Crippen LogP contribution in [-0.2, 0) is 9.47 Å². The highest BCUT2D eigenvalue weighted by molar-refractivity contribution is 7.80. The fraction of sp³-hybridized carbons (Fsp3) is 0.167. The van der Waals surface area contributed by atoms with Crippen LogP contribution in [0.15, 0.2) is 18.2 Å². The molecule has 0 atom stereocenters. The topological polar surface area (TPSA) is 101 Å². The number of nitrogens with one attached hydrogen (secondary N) is 4. The van der Waals surface area contributed by atoms with Gasteiger partial charge in [-0.25, -0.2) is 14.0 Å². The van der Waals surface area contributed by atoms with Gasteiger partial charge in [-0.2, -0.15) is 0 Å². The minimum atomic E-state index is -0.781. The van der Waals surface area contributed by atoms with Crippen molar-refractivity contribution in [1.82, 2.24) is 10.6 Å². The Morgan fingerprint density at radius 2 is 1.43 bits per heavy atom. The van der Waals surface area contributed by atoms with Crippen LogP contribution >= 0.6 is 24.4 Å². The Balaban J connectivity index is 2.84. The first-order valence-electron chi connectivity index (χ1n) is 5.97. The Hall–Kier alpha value is -2.53. The largest absolute Gasteiger partial charge is 0.453 e. The van der Waals surface area contributed by atoms with Gasteiger partial charge in [0.1, 0.15) is 5.82 Å². The Bertz CT molecular complexity index is 641. The molecule has 1 rings (SSSR count). The van der Waals surface area contributed by atoms with E-state index in [0.717, 1.165) is 6.07 Å². The summed E-state index contributed by atoms with van der Waals surface area (Å²) < 4.78 is 22.2. The molecule has 0 radical (unpaired) electrons. The number of hydrogen-bond acceptors (Lipinski definition) is 6. The molecule has 11 heteroatoms. The Morgan fingerprint density at radius 1 is 0.957 bits per heavy atom. The number of carbonyl (C=O) groups is 2. The van der Waals surface area contributed by atoms with E-state index in [1.54, 1.807) is 0 Å². The zero-order valence-corrected chi connectivity index (χ0v) is 13.7. The van der Waals surface area contributed by atoms with Crippen LogP contribution in [0.5, 0.6) is 0 Å². The first-order valence-corrected chi connectivity index (χ1v) is 6.78. The summed E-state index contributed by atoms with van der Waals surface area (Å²) in [4.78, 5) is 22.1. The summed E-state index contributed by atoms with van der Waals surface area (Å²) in [6.07, 6.45) is -1.54. The smallest absolute Gasteiger partial charge is 0.413 e. The number of rotatable bonds is 2. The number of carbonyl (C=O) groups excluding carboxylic acids is 2. The van der Waals surface area contributed by atoms with E-state index >= 15 is 0 Å². The lowest BCUT2D eigenvalue weighted by atomic mass is 10.2. The maximum atomic E-state index is 13.4. The molecule has 1 aromatic carbocycles. The maximum Gasteiger partial charge on any atom is 0.413 e. The van der Waals surface area contributed by atoms with Crippen molar-refractivity contribution in [3.63, 3.8) is 0 Å². The number of alkyl carbamates (subject to hydrolysis) is 2. The standard InChI is InChI=1S/C12H13FN4O4S2/c1-20-11(18)16-9(22)14-7-4-3-6(13)5-8(7)15-10(23)17-12(19)21-2/h3-5H,1-2H3,(H2,14,16,18,22)(H2,15,17,19,23). The molecule has 0 saturated heterocycles. The molecule has 2 amide bonds. The maximum absolute atomic E-state index is 13.4. The second kappa shape index (κ2) is 8.80. The number of thiocarbonyl (C=S) groups is 2. The average molecular weight is 360 g/mol. The lowest BCUT2D eigenvalue weighted by Gasteiger charge is -2.15.